The molecule has 0 amide bonds. The molecular weight excluding hydrogens is 223 g/mol. The van der Waals surface area contributed by atoms with Gasteiger partial charge in [0.15, 0.2) is 12.4 Å². The monoisotopic (exact) mass is 230 g/mol. The lowest BCUT2D eigenvalue weighted by Crippen LogP contribution is -2.29. The molecule has 0 aliphatic rings. The minimum Gasteiger partial charge on any atom is -0.302 e. The highest BCUT2D eigenvalue weighted by atomic mass is 19.4. The Morgan fingerprint density at radius 2 is 2.12 bits per heavy atom. The van der Waals surface area contributed by atoms with Crippen LogP contribution in [0.5, 0.6) is 0 Å². The number of rotatable bonds is 0. The number of alkyl halides is 3. The second-order valence-electron chi connectivity index (χ2n) is 3.32. The predicted molar refractivity (Wildman–Crippen MR) is 48.5 cm³/mol. The van der Waals surface area contributed by atoms with Gasteiger partial charge in [-0.3, -0.25) is 4.79 Å². The lowest BCUT2D eigenvalue weighted by Gasteiger charge is -2.05. The maximum Gasteiger partial charge on any atom is 0.449 e. The topological polar surface area (TPSA) is 49.6 Å². The number of nitrogens with zero attached hydrogens (tertiary/aromatic N) is 2. The van der Waals surface area contributed by atoms with E-state index < -0.39 is 17.6 Å². The number of hydrogen-bond acceptors (Lipinski definition) is 2. The van der Waals surface area contributed by atoms with Gasteiger partial charge >= 0.3 is 6.18 Å². The average Bonchev–Trinajstić information content (AvgIpc) is 2.17. The van der Waals surface area contributed by atoms with Crippen LogP contribution in [0.2, 0.25) is 0 Å². The first-order valence-electron chi connectivity index (χ1n) is 4.34. The van der Waals surface area contributed by atoms with Gasteiger partial charge in [-0.1, -0.05) is 0 Å². The van der Waals surface area contributed by atoms with Crippen LogP contribution < -0.4 is 10.1 Å². The zero-order valence-corrected chi connectivity index (χ0v) is 8.17. The Morgan fingerprint density at radius 1 is 1.44 bits per heavy atom. The van der Waals surface area contributed by atoms with Gasteiger partial charge in [0.25, 0.3) is 5.56 Å². The summed E-state index contributed by atoms with van der Waals surface area (Å²) in [7, 11) is 1.66. The minimum absolute atomic E-state index is 0.0224. The first-order valence-corrected chi connectivity index (χ1v) is 4.34. The van der Waals surface area contributed by atoms with Crippen molar-refractivity contribution in [2.75, 3.05) is 0 Å². The van der Waals surface area contributed by atoms with E-state index in [1.54, 1.807) is 16.6 Å². The van der Waals surface area contributed by atoms with E-state index in [2.05, 4.69) is 4.98 Å². The van der Waals surface area contributed by atoms with Crippen LogP contribution in [-0.4, -0.2) is 9.97 Å². The van der Waals surface area contributed by atoms with E-state index in [9.17, 15) is 18.0 Å². The highest BCUT2D eigenvalue weighted by Crippen LogP contribution is 2.25. The molecular formula is C9H7F3N3O+. The molecule has 0 radical (unpaired) electrons. The second kappa shape index (κ2) is 3.29. The molecule has 0 saturated heterocycles. The van der Waals surface area contributed by atoms with Crippen LogP contribution in [0.1, 0.15) is 5.82 Å². The highest BCUT2D eigenvalue weighted by Gasteiger charge is 2.34. The summed E-state index contributed by atoms with van der Waals surface area (Å²) in [6.45, 7) is 0. The largest absolute Gasteiger partial charge is 0.449 e. The van der Waals surface area contributed by atoms with Gasteiger partial charge in [-0.05, 0) is 0 Å². The van der Waals surface area contributed by atoms with E-state index in [1.807, 2.05) is 0 Å². The SMILES string of the molecule is C[n+]1ccc2nc(C(F)(F)F)[nH]c(=O)c2c1. The van der Waals surface area contributed by atoms with Crippen molar-refractivity contribution in [3.8, 4) is 0 Å². The van der Waals surface area contributed by atoms with Crippen LogP contribution in [0, 0.1) is 0 Å². The molecule has 2 heterocycles. The Labute approximate surface area is 87.4 Å². The third kappa shape index (κ3) is 1.75. The van der Waals surface area contributed by atoms with Crippen molar-refractivity contribution in [1.29, 1.82) is 0 Å². The van der Waals surface area contributed by atoms with Crippen molar-refractivity contribution in [3.05, 3.63) is 34.6 Å². The number of aromatic amines is 1. The van der Waals surface area contributed by atoms with E-state index >= 15 is 0 Å². The third-order valence-electron chi connectivity index (χ3n) is 2.05. The van der Waals surface area contributed by atoms with Crippen molar-refractivity contribution < 1.29 is 17.7 Å². The summed E-state index contributed by atoms with van der Waals surface area (Å²) in [5.74, 6) is -1.28. The quantitative estimate of drug-likeness (QED) is 0.679. The Bertz CT molecular complexity index is 603. The molecule has 0 atom stereocenters. The summed E-state index contributed by atoms with van der Waals surface area (Å²) in [4.78, 5) is 16.5. The zero-order chi connectivity index (χ0) is 11.9. The summed E-state index contributed by atoms with van der Waals surface area (Å²) in [6, 6.07) is 1.36. The van der Waals surface area contributed by atoms with Gasteiger partial charge in [-0.25, -0.2) is 9.55 Å². The Hall–Kier alpha value is -1.92. The van der Waals surface area contributed by atoms with Crippen LogP contribution in [0.15, 0.2) is 23.3 Å². The molecule has 0 aromatic carbocycles. The van der Waals surface area contributed by atoms with E-state index in [0.717, 1.165) is 0 Å². The average molecular weight is 230 g/mol. The van der Waals surface area contributed by atoms with E-state index in [0.29, 0.717) is 0 Å². The van der Waals surface area contributed by atoms with Gasteiger partial charge in [-0.15, -0.1) is 0 Å². The summed E-state index contributed by atoms with van der Waals surface area (Å²) in [5, 5.41) is 0.123. The highest BCUT2D eigenvalue weighted by molar-refractivity contribution is 5.75. The van der Waals surface area contributed by atoms with Gasteiger partial charge in [-0.2, -0.15) is 13.2 Å². The normalized spacial score (nSPS) is 12.0. The molecule has 4 nitrogen and oxygen atoms in total. The van der Waals surface area contributed by atoms with E-state index in [4.69, 9.17) is 0 Å². The molecule has 2 rings (SSSR count). The molecule has 0 unspecified atom stereocenters. The summed E-state index contributed by atoms with van der Waals surface area (Å²) in [5.41, 5.74) is -0.775. The Balaban J connectivity index is 2.79. The standard InChI is InChI=1S/C9H6F3N3O/c1-15-3-2-6-5(4-15)7(16)14-8(13-6)9(10,11)12/h2-4H,1H3/p+1. The number of H-pyrrole nitrogens is 1. The Morgan fingerprint density at radius 3 is 2.75 bits per heavy atom. The van der Waals surface area contributed by atoms with Gasteiger partial charge in [0.2, 0.25) is 5.82 Å². The fourth-order valence-electron chi connectivity index (χ4n) is 1.32. The van der Waals surface area contributed by atoms with Crippen LogP contribution in [0.25, 0.3) is 10.9 Å². The minimum atomic E-state index is -4.65. The molecule has 1 N–H and O–H groups in total. The fraction of sp³-hybridized carbons (Fsp3) is 0.222. The third-order valence-corrected chi connectivity index (χ3v) is 2.05. The molecule has 7 heteroatoms. The van der Waals surface area contributed by atoms with Crippen molar-refractivity contribution >= 4 is 10.9 Å². The molecule has 0 aliphatic carbocycles. The van der Waals surface area contributed by atoms with Gasteiger partial charge in [0, 0.05) is 6.07 Å². The van der Waals surface area contributed by atoms with Crippen molar-refractivity contribution in [2.24, 2.45) is 7.05 Å². The predicted octanol–water partition coefficient (Wildman–Crippen LogP) is 0.766. The number of nitrogens with one attached hydrogen (secondary N) is 1. The lowest BCUT2D eigenvalue weighted by molar-refractivity contribution is -0.670. The maximum absolute atomic E-state index is 12.3. The van der Waals surface area contributed by atoms with Crippen molar-refractivity contribution in [3.63, 3.8) is 0 Å². The fourth-order valence-corrected chi connectivity index (χ4v) is 1.32. The molecule has 0 saturated carbocycles. The number of fused-ring (bicyclic) bond motifs is 1. The number of halogens is 3. The molecule has 2 aromatic heterocycles. The first kappa shape index (κ1) is 10.6. The summed E-state index contributed by atoms with van der Waals surface area (Å²) < 4.78 is 38.6. The lowest BCUT2D eigenvalue weighted by atomic mass is 10.3. The molecule has 0 bridgehead atoms. The first-order chi connectivity index (χ1) is 7.38. The van der Waals surface area contributed by atoms with Gasteiger partial charge < -0.3 is 4.98 Å². The smallest absolute Gasteiger partial charge is 0.302 e. The zero-order valence-electron chi connectivity index (χ0n) is 8.17. The van der Waals surface area contributed by atoms with Crippen LogP contribution in [0.3, 0.4) is 0 Å². The summed E-state index contributed by atoms with van der Waals surface area (Å²) in [6.07, 6.45) is -1.71. The molecule has 0 aliphatic heterocycles. The number of aromatic nitrogens is 3. The Kier molecular flexibility index (Phi) is 2.18. The van der Waals surface area contributed by atoms with Crippen LogP contribution in [0.4, 0.5) is 13.2 Å². The second-order valence-corrected chi connectivity index (χ2v) is 3.32. The number of pyridine rings is 1. The number of aryl methyl sites for hydroxylation is 1. The van der Waals surface area contributed by atoms with Crippen LogP contribution in [-0.2, 0) is 13.2 Å². The van der Waals surface area contributed by atoms with Crippen molar-refractivity contribution in [2.45, 2.75) is 6.18 Å². The van der Waals surface area contributed by atoms with Gasteiger partial charge in [0.05, 0.1) is 5.52 Å². The molecule has 16 heavy (non-hydrogen) atoms. The summed E-state index contributed by atoms with van der Waals surface area (Å²) >= 11 is 0. The molecule has 2 aromatic rings. The molecule has 0 spiro atoms. The number of hydrogen-bond donors (Lipinski definition) is 1. The molecule has 84 valence electrons. The van der Waals surface area contributed by atoms with E-state index in [1.165, 1.54) is 18.5 Å². The van der Waals surface area contributed by atoms with Crippen LogP contribution >= 0.6 is 0 Å². The van der Waals surface area contributed by atoms with Gasteiger partial charge in [0.1, 0.15) is 12.4 Å². The maximum atomic E-state index is 12.3. The van der Waals surface area contributed by atoms with E-state index in [-0.39, 0.29) is 10.9 Å². The van der Waals surface area contributed by atoms with Crippen molar-refractivity contribution in [1.82, 2.24) is 9.97 Å². The molecule has 0 fully saturated rings.